The number of ether oxygens (including phenoxy) is 2. The van der Waals surface area contributed by atoms with Gasteiger partial charge in [0.05, 0.1) is 7.11 Å². The number of halogens is 5. The van der Waals surface area contributed by atoms with Crippen LogP contribution < -0.4 is 15.2 Å². The molecule has 0 spiro atoms. The van der Waals surface area contributed by atoms with Crippen LogP contribution in [0.2, 0.25) is 0 Å². The van der Waals surface area contributed by atoms with Crippen molar-refractivity contribution < 1.29 is 27.0 Å². The standard InChI is InChI=1S/C31H34F4N4O2.ClH/c1-40-26-8-9-29(32)24(18-26)20-38-15-13-37(14-16-38)19-22-3-10-30-27(17-22)28(21-39(30)12-2-11-36)23-4-6-25(7-5-23)41-31(33,34)35;/h3-10,17-18,21H,2,11-16,19-20,36H2,1H3;1H. The number of fused-ring (bicyclic) bond motifs is 1. The van der Waals surface area contributed by atoms with E-state index in [9.17, 15) is 17.6 Å². The molecule has 11 heteroatoms. The Kier molecular flexibility index (Phi) is 10.4. The van der Waals surface area contributed by atoms with Crippen molar-refractivity contribution in [3.05, 3.63) is 83.8 Å². The second-order valence-corrected chi connectivity index (χ2v) is 10.3. The van der Waals surface area contributed by atoms with Gasteiger partial charge in [-0.15, -0.1) is 25.6 Å². The zero-order chi connectivity index (χ0) is 29.0. The highest BCUT2D eigenvalue weighted by molar-refractivity contribution is 5.96. The van der Waals surface area contributed by atoms with E-state index in [-0.39, 0.29) is 24.0 Å². The van der Waals surface area contributed by atoms with Gasteiger partial charge in [0.1, 0.15) is 17.3 Å². The Morgan fingerprint density at radius 3 is 2.17 bits per heavy atom. The maximum Gasteiger partial charge on any atom is 0.573 e. The van der Waals surface area contributed by atoms with Crippen molar-refractivity contribution in [2.24, 2.45) is 5.73 Å². The van der Waals surface area contributed by atoms with Gasteiger partial charge in [-0.1, -0.05) is 18.2 Å². The molecule has 0 aliphatic carbocycles. The predicted octanol–water partition coefficient (Wildman–Crippen LogP) is 6.44. The molecule has 1 aromatic heterocycles. The largest absolute Gasteiger partial charge is 0.573 e. The molecule has 1 aliphatic rings. The highest BCUT2D eigenvalue weighted by Gasteiger charge is 2.31. The number of aryl methyl sites for hydroxylation is 1. The quantitative estimate of drug-likeness (QED) is 0.211. The second-order valence-electron chi connectivity index (χ2n) is 10.3. The molecule has 0 unspecified atom stereocenters. The van der Waals surface area contributed by atoms with E-state index in [0.29, 0.717) is 24.4 Å². The number of rotatable bonds is 10. The van der Waals surface area contributed by atoms with Gasteiger partial charge in [-0.3, -0.25) is 9.80 Å². The first-order chi connectivity index (χ1) is 19.7. The molecule has 0 amide bonds. The maximum absolute atomic E-state index is 14.3. The van der Waals surface area contributed by atoms with Gasteiger partial charge in [-0.25, -0.2) is 4.39 Å². The van der Waals surface area contributed by atoms with Crippen molar-refractivity contribution in [2.45, 2.75) is 32.4 Å². The first-order valence-corrected chi connectivity index (χ1v) is 13.7. The number of methoxy groups -OCH3 is 1. The lowest BCUT2D eigenvalue weighted by Crippen LogP contribution is -2.45. The summed E-state index contributed by atoms with van der Waals surface area (Å²) in [6, 6.07) is 17.2. The van der Waals surface area contributed by atoms with Crippen molar-refractivity contribution in [1.29, 1.82) is 0 Å². The summed E-state index contributed by atoms with van der Waals surface area (Å²) in [5.74, 6) is 0.178. The van der Waals surface area contributed by atoms with Crippen LogP contribution in [0.25, 0.3) is 22.0 Å². The summed E-state index contributed by atoms with van der Waals surface area (Å²) in [6.07, 6.45) is -1.88. The lowest BCUT2D eigenvalue weighted by molar-refractivity contribution is -0.274. The molecule has 1 saturated heterocycles. The predicted molar refractivity (Wildman–Crippen MR) is 158 cm³/mol. The number of hydrogen-bond donors (Lipinski definition) is 1. The fourth-order valence-electron chi connectivity index (χ4n) is 5.36. The number of nitrogens with zero attached hydrogens (tertiary/aromatic N) is 3. The Bertz CT molecular complexity index is 1470. The van der Waals surface area contributed by atoms with Crippen LogP contribution in [-0.4, -0.2) is 60.6 Å². The summed E-state index contributed by atoms with van der Waals surface area (Å²) in [6.45, 7) is 5.98. The van der Waals surface area contributed by atoms with Gasteiger partial charge in [-0.2, -0.15) is 0 Å². The Balaban J connectivity index is 0.00000405. The highest BCUT2D eigenvalue weighted by atomic mass is 35.5. The van der Waals surface area contributed by atoms with Gasteiger partial charge in [0, 0.05) is 74.0 Å². The molecule has 2 N–H and O–H groups in total. The van der Waals surface area contributed by atoms with E-state index in [0.717, 1.165) is 73.3 Å². The minimum Gasteiger partial charge on any atom is -0.497 e. The summed E-state index contributed by atoms with van der Waals surface area (Å²) in [7, 11) is 1.58. The average Bonchev–Trinajstić information content (AvgIpc) is 3.31. The van der Waals surface area contributed by atoms with Crippen LogP contribution in [0.3, 0.4) is 0 Å². The minimum atomic E-state index is -4.73. The molecule has 42 heavy (non-hydrogen) atoms. The molecule has 1 fully saturated rings. The number of nitrogens with two attached hydrogens (primary N) is 1. The van der Waals surface area contributed by atoms with Crippen molar-refractivity contribution >= 4 is 23.3 Å². The Morgan fingerprint density at radius 2 is 1.52 bits per heavy atom. The first-order valence-electron chi connectivity index (χ1n) is 13.7. The van der Waals surface area contributed by atoms with Gasteiger partial charge < -0.3 is 19.8 Å². The van der Waals surface area contributed by atoms with E-state index in [1.54, 1.807) is 31.4 Å². The molecule has 3 aromatic carbocycles. The fraction of sp³-hybridized carbons (Fsp3) is 0.355. The molecule has 0 atom stereocenters. The maximum atomic E-state index is 14.3. The molecule has 1 aliphatic heterocycles. The zero-order valence-corrected chi connectivity index (χ0v) is 24.2. The topological polar surface area (TPSA) is 55.9 Å². The van der Waals surface area contributed by atoms with Gasteiger partial charge >= 0.3 is 6.36 Å². The molecule has 2 heterocycles. The molecule has 0 radical (unpaired) electrons. The molecule has 0 bridgehead atoms. The number of hydrogen-bond acceptors (Lipinski definition) is 5. The van der Waals surface area contributed by atoms with Crippen molar-refractivity contribution in [3.63, 3.8) is 0 Å². The normalized spacial score (nSPS) is 14.6. The molecule has 6 nitrogen and oxygen atoms in total. The Morgan fingerprint density at radius 1 is 0.857 bits per heavy atom. The minimum absolute atomic E-state index is 0. The number of piperazine rings is 1. The van der Waals surface area contributed by atoms with E-state index >= 15 is 0 Å². The van der Waals surface area contributed by atoms with Crippen LogP contribution in [-0.2, 0) is 19.6 Å². The summed E-state index contributed by atoms with van der Waals surface area (Å²) in [4.78, 5) is 4.63. The summed E-state index contributed by atoms with van der Waals surface area (Å²) < 4.78 is 63.7. The monoisotopic (exact) mass is 606 g/mol. The lowest BCUT2D eigenvalue weighted by atomic mass is 10.0. The van der Waals surface area contributed by atoms with Gasteiger partial charge in [0.2, 0.25) is 0 Å². The second kappa shape index (κ2) is 13.8. The Labute approximate surface area is 249 Å². The molecule has 0 saturated carbocycles. The fourth-order valence-corrected chi connectivity index (χ4v) is 5.36. The Hall–Kier alpha value is -3.31. The molecule has 4 aromatic rings. The average molecular weight is 607 g/mol. The third kappa shape index (κ3) is 7.74. The SMILES string of the molecule is COc1ccc(F)c(CN2CCN(Cc3ccc4c(c3)c(-c3ccc(OC(F)(F)F)cc3)cn4CCCN)CC2)c1.Cl. The summed E-state index contributed by atoms with van der Waals surface area (Å²) >= 11 is 0. The van der Waals surface area contributed by atoms with Gasteiger partial charge in [-0.05, 0) is 66.6 Å². The smallest absolute Gasteiger partial charge is 0.497 e. The van der Waals surface area contributed by atoms with E-state index in [2.05, 4.69) is 37.3 Å². The highest BCUT2D eigenvalue weighted by Crippen LogP contribution is 2.34. The molecular weight excluding hydrogens is 572 g/mol. The van der Waals surface area contributed by atoms with Crippen molar-refractivity contribution in [1.82, 2.24) is 14.4 Å². The molecule has 226 valence electrons. The first kappa shape index (κ1) is 31.6. The van der Waals surface area contributed by atoms with Crippen LogP contribution in [0.15, 0.2) is 66.9 Å². The molecular formula is C31H35ClF4N4O2. The summed E-state index contributed by atoms with van der Waals surface area (Å²) in [5.41, 5.74) is 10.4. The van der Waals surface area contributed by atoms with Crippen LogP contribution in [0.5, 0.6) is 11.5 Å². The van der Waals surface area contributed by atoms with Gasteiger partial charge in [0.25, 0.3) is 0 Å². The third-order valence-electron chi connectivity index (χ3n) is 7.47. The van der Waals surface area contributed by atoms with Gasteiger partial charge in [0.15, 0.2) is 0 Å². The number of alkyl halides is 3. The van der Waals surface area contributed by atoms with E-state index in [4.69, 9.17) is 10.5 Å². The molecule has 5 rings (SSSR count). The summed E-state index contributed by atoms with van der Waals surface area (Å²) in [5, 5.41) is 1.04. The van der Waals surface area contributed by atoms with Crippen LogP contribution in [0.4, 0.5) is 17.6 Å². The van der Waals surface area contributed by atoms with E-state index < -0.39 is 6.36 Å². The van der Waals surface area contributed by atoms with E-state index in [1.165, 1.54) is 18.2 Å². The van der Waals surface area contributed by atoms with Crippen molar-refractivity contribution in [2.75, 3.05) is 39.8 Å². The number of benzene rings is 3. The van der Waals surface area contributed by atoms with Crippen LogP contribution in [0.1, 0.15) is 17.5 Å². The third-order valence-corrected chi connectivity index (χ3v) is 7.47. The van der Waals surface area contributed by atoms with E-state index in [1.807, 2.05) is 6.20 Å². The van der Waals surface area contributed by atoms with Crippen LogP contribution >= 0.6 is 12.4 Å². The van der Waals surface area contributed by atoms with Crippen molar-refractivity contribution in [3.8, 4) is 22.6 Å². The number of aromatic nitrogens is 1. The zero-order valence-electron chi connectivity index (χ0n) is 23.4. The lowest BCUT2D eigenvalue weighted by Gasteiger charge is -2.34. The van der Waals surface area contributed by atoms with Crippen LogP contribution in [0, 0.1) is 5.82 Å².